The van der Waals surface area contributed by atoms with E-state index in [9.17, 15) is 8.60 Å². The summed E-state index contributed by atoms with van der Waals surface area (Å²) in [4.78, 5) is 11.4. The number of benzene rings is 1. The van der Waals surface area contributed by atoms with E-state index in [-0.39, 0.29) is 6.04 Å². The van der Waals surface area contributed by atoms with Crippen LogP contribution in [0.5, 0.6) is 5.75 Å². The first-order valence-electron chi connectivity index (χ1n) is 10.3. The molecule has 1 heterocycles. The maximum absolute atomic E-state index is 14.3. The van der Waals surface area contributed by atoms with Gasteiger partial charge in [0.2, 0.25) is 0 Å². The van der Waals surface area contributed by atoms with Gasteiger partial charge in [-0.05, 0) is 70.3 Å². The molecule has 0 radical (unpaired) electrons. The molecule has 3 rings (SSSR count). The van der Waals surface area contributed by atoms with Gasteiger partial charge in [-0.2, -0.15) is 0 Å². The molecule has 1 aromatic carbocycles. The molecule has 1 aromatic rings. The fraction of sp³-hybridized carbons (Fsp3) is 0.545. The molecule has 0 saturated heterocycles. The molecule has 3 atom stereocenters. The van der Waals surface area contributed by atoms with E-state index in [1.54, 1.807) is 38.3 Å². The van der Waals surface area contributed by atoms with Crippen LogP contribution >= 0.6 is 0 Å². The summed E-state index contributed by atoms with van der Waals surface area (Å²) in [6.45, 7) is 13.0. The summed E-state index contributed by atoms with van der Waals surface area (Å²) in [5.41, 5.74) is 5.31. The lowest BCUT2D eigenvalue weighted by atomic mass is 9.84. The average molecular weight is 437 g/mol. The summed E-state index contributed by atoms with van der Waals surface area (Å²) < 4.78 is 32.7. The number of rotatable bonds is 6. The number of hydrogen-bond donors (Lipinski definition) is 1. The van der Waals surface area contributed by atoms with E-state index in [0.29, 0.717) is 47.1 Å². The standard InChI is InChI=1S/C20H27FN4O2S.C2H6/c1-20(21)11-9-13(10-12-20)25-18(22)17(16(23-2)19(25)24-3)28(26)15-7-5-14(27-4)6-8-15;1-2/h5-8,13,16,19H,2-3,9-12,22H2,1,4H3;1-2H3. The Bertz CT molecular complexity index is 800. The van der Waals surface area contributed by atoms with Crippen LogP contribution in [0.1, 0.15) is 46.5 Å². The van der Waals surface area contributed by atoms with E-state index < -0.39 is 28.7 Å². The van der Waals surface area contributed by atoms with Gasteiger partial charge < -0.3 is 15.4 Å². The van der Waals surface area contributed by atoms with Gasteiger partial charge in [-0.1, -0.05) is 13.8 Å². The topological polar surface area (TPSA) is 80.3 Å². The van der Waals surface area contributed by atoms with Gasteiger partial charge in [-0.15, -0.1) is 0 Å². The Morgan fingerprint density at radius 3 is 2.23 bits per heavy atom. The molecule has 1 saturated carbocycles. The van der Waals surface area contributed by atoms with Crippen molar-refractivity contribution in [3.05, 3.63) is 35.0 Å². The molecule has 166 valence electrons. The molecule has 2 aliphatic rings. The molecule has 0 aromatic heterocycles. The number of nitrogens with zero attached hydrogens (tertiary/aromatic N) is 3. The molecule has 0 spiro atoms. The Balaban J connectivity index is 0.00000155. The summed E-state index contributed by atoms with van der Waals surface area (Å²) in [6, 6.07) is 6.43. The van der Waals surface area contributed by atoms with Crippen LogP contribution in [0.2, 0.25) is 0 Å². The van der Waals surface area contributed by atoms with E-state index in [1.165, 1.54) is 0 Å². The number of methoxy groups -OCH3 is 1. The lowest BCUT2D eigenvalue weighted by Gasteiger charge is -2.40. The molecule has 6 nitrogen and oxygen atoms in total. The molecule has 0 bridgehead atoms. The van der Waals surface area contributed by atoms with Crippen LogP contribution in [0.25, 0.3) is 0 Å². The Labute approximate surface area is 181 Å². The van der Waals surface area contributed by atoms with Gasteiger partial charge >= 0.3 is 0 Å². The minimum atomic E-state index is -1.53. The summed E-state index contributed by atoms with van der Waals surface area (Å²) in [5, 5.41) is 0. The number of aliphatic imine (C=N–C) groups is 2. The smallest absolute Gasteiger partial charge is 0.149 e. The van der Waals surface area contributed by atoms with Gasteiger partial charge in [0, 0.05) is 10.9 Å². The van der Waals surface area contributed by atoms with Crippen molar-refractivity contribution in [3.63, 3.8) is 0 Å². The van der Waals surface area contributed by atoms with Crippen molar-refractivity contribution < 1.29 is 13.3 Å². The lowest BCUT2D eigenvalue weighted by molar-refractivity contribution is 0.0676. The van der Waals surface area contributed by atoms with Crippen molar-refractivity contribution in [1.82, 2.24) is 4.90 Å². The molecule has 30 heavy (non-hydrogen) atoms. The minimum absolute atomic E-state index is 0.00828. The first kappa shape index (κ1) is 24.1. The molecule has 1 aliphatic heterocycles. The highest BCUT2D eigenvalue weighted by Crippen LogP contribution is 2.41. The van der Waals surface area contributed by atoms with Crippen LogP contribution in [0.3, 0.4) is 0 Å². The lowest BCUT2D eigenvalue weighted by Crippen LogP contribution is -2.46. The zero-order valence-electron chi connectivity index (χ0n) is 18.3. The van der Waals surface area contributed by atoms with E-state index in [1.807, 2.05) is 18.7 Å². The van der Waals surface area contributed by atoms with Crippen molar-refractivity contribution in [2.75, 3.05) is 7.11 Å². The minimum Gasteiger partial charge on any atom is -0.497 e. The van der Waals surface area contributed by atoms with Crippen LogP contribution < -0.4 is 10.5 Å². The van der Waals surface area contributed by atoms with Gasteiger partial charge in [0.1, 0.15) is 29.4 Å². The molecule has 0 amide bonds. The van der Waals surface area contributed by atoms with Gasteiger partial charge in [0.25, 0.3) is 0 Å². The highest BCUT2D eigenvalue weighted by molar-refractivity contribution is 7.89. The second-order valence-electron chi connectivity index (χ2n) is 7.47. The molecule has 8 heteroatoms. The van der Waals surface area contributed by atoms with Gasteiger partial charge in [-0.3, -0.25) is 9.98 Å². The highest BCUT2D eigenvalue weighted by atomic mass is 32.2. The SMILES string of the molecule is C=NC1C(S(=O)c2ccc(OC)cc2)=C(N)N(C2CCC(C)(F)CC2)C1N=C.CC. The first-order valence-corrected chi connectivity index (χ1v) is 11.4. The van der Waals surface area contributed by atoms with Gasteiger partial charge in [0.05, 0.1) is 22.8 Å². The molecule has 1 fully saturated rings. The van der Waals surface area contributed by atoms with E-state index in [4.69, 9.17) is 10.5 Å². The zero-order valence-corrected chi connectivity index (χ0v) is 19.1. The van der Waals surface area contributed by atoms with Crippen molar-refractivity contribution in [2.45, 2.75) is 75.3 Å². The Morgan fingerprint density at radius 2 is 1.77 bits per heavy atom. The number of nitrogens with two attached hydrogens (primary N) is 1. The van der Waals surface area contributed by atoms with Crippen LogP contribution in [0.15, 0.2) is 49.9 Å². The highest BCUT2D eigenvalue weighted by Gasteiger charge is 2.46. The third-order valence-corrected chi connectivity index (χ3v) is 7.17. The number of halogens is 1. The van der Waals surface area contributed by atoms with Crippen molar-refractivity contribution in [2.24, 2.45) is 15.7 Å². The second kappa shape index (κ2) is 10.2. The Kier molecular flexibility index (Phi) is 8.18. The van der Waals surface area contributed by atoms with E-state index in [2.05, 4.69) is 23.4 Å². The second-order valence-corrected chi connectivity index (χ2v) is 8.92. The number of hydrogen-bond acceptors (Lipinski definition) is 6. The number of alkyl halides is 1. The van der Waals surface area contributed by atoms with Crippen molar-refractivity contribution >= 4 is 24.2 Å². The summed E-state index contributed by atoms with van der Waals surface area (Å²) >= 11 is 0. The first-order chi connectivity index (χ1) is 14.3. The Hall–Kier alpha value is -2.22. The molecular weight excluding hydrogens is 403 g/mol. The third kappa shape index (κ3) is 4.74. The maximum atomic E-state index is 14.3. The summed E-state index contributed by atoms with van der Waals surface area (Å²) in [6.07, 6.45) is 1.71. The quantitative estimate of drug-likeness (QED) is 0.683. The van der Waals surface area contributed by atoms with Crippen LogP contribution in [0.4, 0.5) is 4.39 Å². The normalized spacial score (nSPS) is 29.6. The molecule has 3 unspecified atom stereocenters. The van der Waals surface area contributed by atoms with Gasteiger partial charge in [0.15, 0.2) is 0 Å². The predicted molar refractivity (Wildman–Crippen MR) is 122 cm³/mol. The predicted octanol–water partition coefficient (Wildman–Crippen LogP) is 4.04. The van der Waals surface area contributed by atoms with Crippen LogP contribution in [-0.2, 0) is 10.8 Å². The zero-order chi connectivity index (χ0) is 22.5. The fourth-order valence-corrected chi connectivity index (χ4v) is 5.35. The Morgan fingerprint density at radius 1 is 1.20 bits per heavy atom. The molecular formula is C22H33FN4O2S. The molecule has 2 N–H and O–H groups in total. The van der Waals surface area contributed by atoms with Crippen molar-refractivity contribution in [1.29, 1.82) is 0 Å². The fourth-order valence-electron chi connectivity index (χ4n) is 4.00. The van der Waals surface area contributed by atoms with Crippen LogP contribution in [-0.4, -0.2) is 53.6 Å². The maximum Gasteiger partial charge on any atom is 0.149 e. The van der Waals surface area contributed by atoms with Crippen molar-refractivity contribution in [3.8, 4) is 5.75 Å². The monoisotopic (exact) mass is 436 g/mol. The van der Waals surface area contributed by atoms with E-state index >= 15 is 0 Å². The molecule has 1 aliphatic carbocycles. The summed E-state index contributed by atoms with van der Waals surface area (Å²) in [5.74, 6) is 1.06. The largest absolute Gasteiger partial charge is 0.497 e. The average Bonchev–Trinajstić information content (AvgIpc) is 3.06. The van der Waals surface area contributed by atoms with Gasteiger partial charge in [-0.25, -0.2) is 8.60 Å². The van der Waals surface area contributed by atoms with Crippen LogP contribution in [0, 0.1) is 0 Å². The summed E-state index contributed by atoms with van der Waals surface area (Å²) in [7, 11) is 0.0454. The third-order valence-electron chi connectivity index (χ3n) is 5.61. The van der Waals surface area contributed by atoms with E-state index in [0.717, 1.165) is 0 Å². The number of ether oxygens (including phenoxy) is 1.